The van der Waals surface area contributed by atoms with Crippen molar-refractivity contribution in [3.63, 3.8) is 0 Å². The molecular formula is C20H42ClNO4. The van der Waals surface area contributed by atoms with Crippen molar-refractivity contribution in [2.75, 3.05) is 13.7 Å². The molecule has 0 aromatic rings. The van der Waals surface area contributed by atoms with Crippen LogP contribution in [0.5, 0.6) is 0 Å². The number of unbranched alkanes of at least 4 members (excludes halogenated alkanes) is 12. The fraction of sp³-hybridized carbons (Fsp3) is 0.950. The normalized spacial score (nSPS) is 13.1. The van der Waals surface area contributed by atoms with Crippen molar-refractivity contribution in [3.8, 4) is 0 Å². The summed E-state index contributed by atoms with van der Waals surface area (Å²) < 4.78 is 5.10. The second kappa shape index (κ2) is 20.9. The van der Waals surface area contributed by atoms with E-state index < -0.39 is 18.9 Å². The zero-order valence-corrected chi connectivity index (χ0v) is 17.7. The number of ether oxygens (including phenoxy) is 1. The zero-order valence-electron chi connectivity index (χ0n) is 16.9. The molecule has 0 radical (unpaired) electrons. The van der Waals surface area contributed by atoms with Gasteiger partial charge in [-0.25, -0.2) is 0 Å². The molecule has 0 fully saturated rings. The maximum absolute atomic E-state index is 11.7. The Labute approximate surface area is 166 Å². The SMILES string of the molecule is CCCCCCCCCCCCCCCC(=O)OC(NC)C(O)CO.Cl. The first-order valence-electron chi connectivity index (χ1n) is 10.3. The Kier molecular flexibility index (Phi) is 22.4. The molecule has 0 saturated heterocycles. The number of likely N-dealkylation sites (N-methyl/N-ethyl adjacent to an activating group) is 1. The number of rotatable bonds is 18. The lowest BCUT2D eigenvalue weighted by molar-refractivity contribution is -0.159. The zero-order chi connectivity index (χ0) is 18.8. The number of hydrogen-bond donors (Lipinski definition) is 3. The van der Waals surface area contributed by atoms with Crippen LogP contribution in [-0.2, 0) is 9.53 Å². The molecule has 0 bridgehead atoms. The molecule has 0 aliphatic rings. The van der Waals surface area contributed by atoms with Crippen LogP contribution in [-0.4, -0.2) is 42.2 Å². The molecule has 0 spiro atoms. The predicted octanol–water partition coefficient (Wildman–Crippen LogP) is 4.33. The van der Waals surface area contributed by atoms with Crippen molar-refractivity contribution in [2.45, 2.75) is 109 Å². The van der Waals surface area contributed by atoms with Gasteiger partial charge in [0.05, 0.1) is 6.61 Å². The molecule has 3 N–H and O–H groups in total. The monoisotopic (exact) mass is 395 g/mol. The molecule has 0 rings (SSSR count). The number of carbonyl (C=O) groups is 1. The van der Waals surface area contributed by atoms with Crippen LogP contribution in [0, 0.1) is 0 Å². The second-order valence-corrected chi connectivity index (χ2v) is 6.94. The summed E-state index contributed by atoms with van der Waals surface area (Å²) in [7, 11) is 1.59. The van der Waals surface area contributed by atoms with Crippen LogP contribution in [0.15, 0.2) is 0 Å². The van der Waals surface area contributed by atoms with E-state index >= 15 is 0 Å². The average molecular weight is 396 g/mol. The standard InChI is InChI=1S/C20H41NO4.ClH/c1-3-4-5-6-7-8-9-10-11-12-13-14-15-16-19(24)25-20(21-2)18(23)17-22;/h18,20-23H,3-17H2,1-2H3;1H. The summed E-state index contributed by atoms with van der Waals surface area (Å²) in [5, 5.41) is 21.0. The third-order valence-electron chi connectivity index (χ3n) is 4.56. The predicted molar refractivity (Wildman–Crippen MR) is 110 cm³/mol. The topological polar surface area (TPSA) is 78.8 Å². The van der Waals surface area contributed by atoms with Crippen molar-refractivity contribution in [2.24, 2.45) is 0 Å². The van der Waals surface area contributed by atoms with E-state index in [2.05, 4.69) is 12.2 Å². The molecule has 5 nitrogen and oxygen atoms in total. The highest BCUT2D eigenvalue weighted by Gasteiger charge is 2.20. The van der Waals surface area contributed by atoms with Gasteiger partial charge < -0.3 is 14.9 Å². The Balaban J connectivity index is 0. The van der Waals surface area contributed by atoms with Crippen LogP contribution in [0.4, 0.5) is 0 Å². The molecule has 0 amide bonds. The largest absolute Gasteiger partial charge is 0.444 e. The van der Waals surface area contributed by atoms with Gasteiger partial charge in [-0.15, -0.1) is 12.4 Å². The Morgan fingerprint density at radius 1 is 0.885 bits per heavy atom. The summed E-state index contributed by atoms with van der Waals surface area (Å²) in [6, 6.07) is 0. The Morgan fingerprint density at radius 3 is 1.69 bits per heavy atom. The molecule has 0 aliphatic carbocycles. The van der Waals surface area contributed by atoms with E-state index in [9.17, 15) is 9.90 Å². The van der Waals surface area contributed by atoms with Gasteiger partial charge in [-0.05, 0) is 13.5 Å². The summed E-state index contributed by atoms with van der Waals surface area (Å²) >= 11 is 0. The average Bonchev–Trinajstić information content (AvgIpc) is 2.62. The van der Waals surface area contributed by atoms with Gasteiger partial charge in [-0.2, -0.15) is 0 Å². The van der Waals surface area contributed by atoms with E-state index in [1.165, 1.54) is 70.6 Å². The van der Waals surface area contributed by atoms with Crippen LogP contribution >= 0.6 is 12.4 Å². The molecule has 26 heavy (non-hydrogen) atoms. The summed E-state index contributed by atoms with van der Waals surface area (Å²) in [5.74, 6) is -0.324. The first-order valence-corrected chi connectivity index (χ1v) is 10.3. The molecule has 0 aromatic heterocycles. The van der Waals surface area contributed by atoms with Crippen LogP contribution < -0.4 is 5.32 Å². The molecule has 2 atom stereocenters. The Hall–Kier alpha value is -0.360. The first kappa shape index (κ1) is 27.9. The van der Waals surface area contributed by atoms with Crippen LogP contribution in [0.3, 0.4) is 0 Å². The Morgan fingerprint density at radius 2 is 1.31 bits per heavy atom. The molecule has 0 aliphatic heterocycles. The quantitative estimate of drug-likeness (QED) is 0.183. The minimum Gasteiger partial charge on any atom is -0.444 e. The minimum absolute atomic E-state index is 0. The van der Waals surface area contributed by atoms with Gasteiger partial charge in [-0.1, -0.05) is 84.0 Å². The number of esters is 1. The van der Waals surface area contributed by atoms with E-state index in [-0.39, 0.29) is 18.4 Å². The van der Waals surface area contributed by atoms with Crippen LogP contribution in [0.1, 0.15) is 96.8 Å². The lowest BCUT2D eigenvalue weighted by atomic mass is 10.0. The van der Waals surface area contributed by atoms with Gasteiger partial charge >= 0.3 is 5.97 Å². The van der Waals surface area contributed by atoms with E-state index in [1.807, 2.05) is 0 Å². The summed E-state index contributed by atoms with van der Waals surface area (Å²) in [6.45, 7) is 1.82. The van der Waals surface area contributed by atoms with Gasteiger partial charge in [0.15, 0.2) is 6.23 Å². The molecule has 158 valence electrons. The van der Waals surface area contributed by atoms with E-state index in [0.29, 0.717) is 6.42 Å². The Bertz CT molecular complexity index is 306. The van der Waals surface area contributed by atoms with Gasteiger partial charge in [-0.3, -0.25) is 10.1 Å². The lowest BCUT2D eigenvalue weighted by Gasteiger charge is -2.20. The van der Waals surface area contributed by atoms with Gasteiger partial charge in [0, 0.05) is 6.42 Å². The maximum Gasteiger partial charge on any atom is 0.307 e. The number of aliphatic hydroxyl groups excluding tert-OH is 2. The maximum atomic E-state index is 11.7. The minimum atomic E-state index is -1.08. The van der Waals surface area contributed by atoms with Crippen LogP contribution in [0.25, 0.3) is 0 Å². The third-order valence-corrected chi connectivity index (χ3v) is 4.56. The third kappa shape index (κ3) is 17.1. The number of carbonyl (C=O) groups excluding carboxylic acids is 1. The molecule has 6 heteroatoms. The number of halogens is 1. The van der Waals surface area contributed by atoms with Crippen molar-refractivity contribution in [1.29, 1.82) is 0 Å². The van der Waals surface area contributed by atoms with Gasteiger partial charge in [0.25, 0.3) is 0 Å². The molecule has 0 heterocycles. The van der Waals surface area contributed by atoms with Gasteiger partial charge in [0.1, 0.15) is 6.10 Å². The van der Waals surface area contributed by atoms with Crippen molar-refractivity contribution in [3.05, 3.63) is 0 Å². The summed E-state index contributed by atoms with van der Waals surface area (Å²) in [4.78, 5) is 11.7. The first-order chi connectivity index (χ1) is 12.2. The highest BCUT2D eigenvalue weighted by molar-refractivity contribution is 5.85. The molecule has 0 saturated carbocycles. The fourth-order valence-corrected chi connectivity index (χ4v) is 2.91. The smallest absolute Gasteiger partial charge is 0.307 e. The highest BCUT2D eigenvalue weighted by Crippen LogP contribution is 2.13. The van der Waals surface area contributed by atoms with Crippen molar-refractivity contribution in [1.82, 2.24) is 5.32 Å². The van der Waals surface area contributed by atoms with Crippen LogP contribution in [0.2, 0.25) is 0 Å². The fourth-order valence-electron chi connectivity index (χ4n) is 2.91. The van der Waals surface area contributed by atoms with Crippen molar-refractivity contribution < 1.29 is 19.7 Å². The van der Waals surface area contributed by atoms with E-state index in [1.54, 1.807) is 7.05 Å². The number of aliphatic hydroxyl groups is 2. The van der Waals surface area contributed by atoms with Crippen molar-refractivity contribution >= 4 is 18.4 Å². The van der Waals surface area contributed by atoms with Gasteiger partial charge in [0.2, 0.25) is 0 Å². The van der Waals surface area contributed by atoms with E-state index in [0.717, 1.165) is 12.8 Å². The summed E-state index contributed by atoms with van der Waals surface area (Å²) in [5.41, 5.74) is 0. The number of nitrogens with one attached hydrogen (secondary N) is 1. The highest BCUT2D eigenvalue weighted by atomic mass is 35.5. The summed E-state index contributed by atoms with van der Waals surface area (Å²) in [6.07, 6.45) is 15.0. The number of hydrogen-bond acceptors (Lipinski definition) is 5. The molecule has 2 unspecified atom stereocenters. The second-order valence-electron chi connectivity index (χ2n) is 6.94. The molecule has 0 aromatic carbocycles. The van der Waals surface area contributed by atoms with E-state index in [4.69, 9.17) is 9.84 Å². The lowest BCUT2D eigenvalue weighted by Crippen LogP contribution is -2.43. The molecular weight excluding hydrogens is 354 g/mol.